The molecule has 14 atom stereocenters. The third-order valence-electron chi connectivity index (χ3n) is 17.1. The topological polar surface area (TPSA) is 118 Å². The number of fused-ring (bicyclic) bond motifs is 4. The Balaban J connectivity index is 0.993. The second-order valence-corrected chi connectivity index (χ2v) is 19.7. The molecule has 0 aromatic heterocycles. The molecule has 49 heavy (non-hydrogen) atoms. The molecule has 5 saturated carbocycles. The minimum atomic E-state index is -1.26. The first-order chi connectivity index (χ1) is 23.0. The van der Waals surface area contributed by atoms with Crippen LogP contribution in [0.4, 0.5) is 0 Å². The van der Waals surface area contributed by atoms with Crippen LogP contribution in [0, 0.1) is 56.7 Å². The minimum Gasteiger partial charge on any atom is -0.390 e. The van der Waals surface area contributed by atoms with Crippen LogP contribution in [-0.4, -0.2) is 101 Å². The summed E-state index contributed by atoms with van der Waals surface area (Å²) in [6.07, 6.45) is 7.61. The average Bonchev–Trinajstić information content (AvgIpc) is 3.70. The molecule has 2 spiro atoms. The number of aliphatic hydroxyl groups is 3. The van der Waals surface area contributed by atoms with E-state index in [4.69, 9.17) is 18.9 Å². The molecule has 9 nitrogen and oxygen atoms in total. The fourth-order valence-corrected chi connectivity index (χ4v) is 14.5. The van der Waals surface area contributed by atoms with Crippen LogP contribution >= 0.6 is 0 Å². The lowest BCUT2D eigenvalue weighted by atomic mass is 9.41. The highest BCUT2D eigenvalue weighted by molar-refractivity contribution is 5.79. The number of hydrogen-bond acceptors (Lipinski definition) is 8. The van der Waals surface area contributed by atoms with Crippen LogP contribution in [0.15, 0.2) is 0 Å². The van der Waals surface area contributed by atoms with Crippen LogP contribution in [-0.2, 0) is 23.7 Å². The largest absolute Gasteiger partial charge is 0.390 e. The molecule has 14 unspecified atom stereocenters. The molecule has 3 heterocycles. The summed E-state index contributed by atoms with van der Waals surface area (Å²) in [5.74, 6) is 1.79. The van der Waals surface area contributed by atoms with Crippen molar-refractivity contribution in [3.05, 3.63) is 0 Å². The molecule has 0 aromatic carbocycles. The van der Waals surface area contributed by atoms with Gasteiger partial charge in [-0.3, -0.25) is 4.79 Å². The van der Waals surface area contributed by atoms with Gasteiger partial charge in [-0.2, -0.15) is 0 Å². The zero-order valence-corrected chi connectivity index (χ0v) is 31.3. The molecular formula is C40H65NO8. The first kappa shape index (κ1) is 35.2. The van der Waals surface area contributed by atoms with Crippen LogP contribution in [0.1, 0.15) is 113 Å². The number of carbonyl (C=O) groups is 1. The molecule has 1 amide bonds. The van der Waals surface area contributed by atoms with E-state index in [0.717, 1.165) is 44.9 Å². The quantitative estimate of drug-likeness (QED) is 0.373. The van der Waals surface area contributed by atoms with E-state index in [-0.39, 0.29) is 69.2 Å². The predicted octanol–water partition coefficient (Wildman–Crippen LogP) is 4.93. The average molecular weight is 688 g/mol. The fraction of sp³-hybridized carbons (Fsp3) is 0.975. The zero-order chi connectivity index (χ0) is 34.9. The molecule has 8 aliphatic rings. The molecule has 5 aliphatic carbocycles. The molecule has 278 valence electrons. The first-order valence-corrected chi connectivity index (χ1v) is 19.9. The summed E-state index contributed by atoms with van der Waals surface area (Å²) in [5, 5.41) is 34.2. The normalized spacial score (nSPS) is 51.5. The third-order valence-corrected chi connectivity index (χ3v) is 17.1. The van der Waals surface area contributed by atoms with E-state index < -0.39 is 23.9 Å². The number of aliphatic hydroxyl groups excluding tert-OH is 2. The summed E-state index contributed by atoms with van der Waals surface area (Å²) in [7, 11) is 0. The van der Waals surface area contributed by atoms with Gasteiger partial charge in [-0.15, -0.1) is 0 Å². The summed E-state index contributed by atoms with van der Waals surface area (Å²) < 4.78 is 25.2. The molecule has 8 fully saturated rings. The Morgan fingerprint density at radius 2 is 1.65 bits per heavy atom. The van der Waals surface area contributed by atoms with Gasteiger partial charge in [-0.05, 0) is 123 Å². The van der Waals surface area contributed by atoms with E-state index in [1.54, 1.807) is 13.8 Å². The number of carbonyl (C=O) groups excluding carboxylic acids is 1. The molecule has 3 aliphatic heterocycles. The molecule has 9 heteroatoms. The predicted molar refractivity (Wildman–Crippen MR) is 183 cm³/mol. The van der Waals surface area contributed by atoms with E-state index in [9.17, 15) is 20.1 Å². The van der Waals surface area contributed by atoms with Crippen molar-refractivity contribution in [2.45, 2.75) is 155 Å². The third kappa shape index (κ3) is 4.83. The van der Waals surface area contributed by atoms with Crippen molar-refractivity contribution in [3.63, 3.8) is 0 Å². The number of hydrogen-bond donors (Lipinski definition) is 3. The van der Waals surface area contributed by atoms with Crippen LogP contribution in [0.5, 0.6) is 0 Å². The van der Waals surface area contributed by atoms with Crippen molar-refractivity contribution in [2.75, 3.05) is 32.9 Å². The molecule has 0 aromatic rings. The van der Waals surface area contributed by atoms with E-state index >= 15 is 0 Å². The molecular weight excluding hydrogens is 622 g/mol. The summed E-state index contributed by atoms with van der Waals surface area (Å²) in [6.45, 7) is 18.3. The maximum Gasteiger partial charge on any atom is 0.226 e. The maximum atomic E-state index is 13.3. The van der Waals surface area contributed by atoms with Crippen LogP contribution in [0.3, 0.4) is 0 Å². The van der Waals surface area contributed by atoms with Gasteiger partial charge in [0.2, 0.25) is 5.91 Å². The van der Waals surface area contributed by atoms with Crippen LogP contribution in [0.2, 0.25) is 0 Å². The molecule has 0 radical (unpaired) electrons. The standard InChI is InChI=1S/C40H65NO8/c1-23-20-25(32(42)36(4,5)45)48-31-30(23)37(6)14-15-40-22-39(40)13-10-28(35(2,3)26(39)8-9-27(40)38(37,7)33(31)43)49-29-21-41(16-19-47-29)34(44)24-11-17-46-18-12-24/h23-33,42-43,45H,8-22H2,1-7H3. The lowest BCUT2D eigenvalue weighted by molar-refractivity contribution is -0.248. The van der Waals surface area contributed by atoms with Crippen molar-refractivity contribution in [2.24, 2.45) is 56.7 Å². The summed E-state index contributed by atoms with van der Waals surface area (Å²) in [4.78, 5) is 15.3. The van der Waals surface area contributed by atoms with Gasteiger partial charge in [0.15, 0.2) is 6.29 Å². The lowest BCUT2D eigenvalue weighted by Gasteiger charge is -2.64. The van der Waals surface area contributed by atoms with Crippen molar-refractivity contribution < 1.29 is 39.1 Å². The Hall–Kier alpha value is -0.810. The van der Waals surface area contributed by atoms with E-state index in [2.05, 4.69) is 34.6 Å². The van der Waals surface area contributed by atoms with Gasteiger partial charge in [0.1, 0.15) is 6.10 Å². The van der Waals surface area contributed by atoms with Gasteiger partial charge in [0.25, 0.3) is 0 Å². The monoisotopic (exact) mass is 687 g/mol. The number of nitrogens with zero attached hydrogens (tertiary/aromatic N) is 1. The van der Waals surface area contributed by atoms with Gasteiger partial charge in [0.05, 0.1) is 43.2 Å². The second kappa shape index (κ2) is 11.6. The highest BCUT2D eigenvalue weighted by Gasteiger charge is 2.84. The van der Waals surface area contributed by atoms with Crippen molar-refractivity contribution >= 4 is 5.91 Å². The Labute approximate surface area is 294 Å². The number of amides is 1. The summed E-state index contributed by atoms with van der Waals surface area (Å²) in [5.41, 5.74) is -1.08. The van der Waals surface area contributed by atoms with Crippen molar-refractivity contribution in [1.29, 1.82) is 0 Å². The zero-order valence-electron chi connectivity index (χ0n) is 31.3. The summed E-state index contributed by atoms with van der Waals surface area (Å²) >= 11 is 0. The van der Waals surface area contributed by atoms with Gasteiger partial charge in [-0.1, -0.05) is 34.6 Å². The van der Waals surface area contributed by atoms with Gasteiger partial charge in [-0.25, -0.2) is 0 Å². The highest BCUT2D eigenvalue weighted by atomic mass is 16.7. The summed E-state index contributed by atoms with van der Waals surface area (Å²) in [6, 6.07) is 0. The van der Waals surface area contributed by atoms with Crippen LogP contribution in [0.25, 0.3) is 0 Å². The Morgan fingerprint density at radius 1 is 0.959 bits per heavy atom. The van der Waals surface area contributed by atoms with Crippen LogP contribution < -0.4 is 0 Å². The number of morpholine rings is 1. The first-order valence-electron chi connectivity index (χ1n) is 19.9. The van der Waals surface area contributed by atoms with Crippen molar-refractivity contribution in [3.8, 4) is 0 Å². The second-order valence-electron chi connectivity index (χ2n) is 19.7. The van der Waals surface area contributed by atoms with Gasteiger partial charge < -0.3 is 39.2 Å². The van der Waals surface area contributed by atoms with Crippen molar-refractivity contribution in [1.82, 2.24) is 4.90 Å². The van der Waals surface area contributed by atoms with Gasteiger partial charge in [0, 0.05) is 31.1 Å². The molecule has 3 N–H and O–H groups in total. The van der Waals surface area contributed by atoms with E-state index in [0.29, 0.717) is 51.2 Å². The molecule has 8 rings (SSSR count). The number of ether oxygens (including phenoxy) is 4. The maximum absolute atomic E-state index is 13.3. The Morgan fingerprint density at radius 3 is 2.37 bits per heavy atom. The smallest absolute Gasteiger partial charge is 0.226 e. The highest BCUT2D eigenvalue weighted by Crippen LogP contribution is 2.89. The Kier molecular flexibility index (Phi) is 8.34. The molecule has 0 bridgehead atoms. The van der Waals surface area contributed by atoms with Gasteiger partial charge >= 0.3 is 0 Å². The minimum absolute atomic E-state index is 0.0227. The molecule has 3 saturated heterocycles. The fourth-order valence-electron chi connectivity index (χ4n) is 14.5. The van der Waals surface area contributed by atoms with E-state index in [1.165, 1.54) is 12.8 Å². The Bertz CT molecular complexity index is 1300. The number of rotatable bonds is 5. The SMILES string of the molecule is CC1CC(C(O)C(C)(C)O)OC2C1C1(C)CCC34CC35CCC(OC3CN(C(=O)C6CCOCC6)CCO3)C(C)(C)C5CCC4C1(C)C2O. The van der Waals surface area contributed by atoms with E-state index in [1.807, 2.05) is 4.90 Å². The lowest BCUT2D eigenvalue weighted by Crippen LogP contribution is -2.60.